The molecule has 1 aliphatic heterocycles. The number of piperidine rings is 1. The molecule has 1 aromatic carbocycles. The Bertz CT molecular complexity index is 663. The zero-order chi connectivity index (χ0) is 15.5. The molecular weight excluding hydrogens is 276 g/mol. The summed E-state index contributed by atoms with van der Waals surface area (Å²) in [7, 11) is 0. The Hall–Kier alpha value is -2.07. The first-order chi connectivity index (χ1) is 10.7. The molecule has 22 heavy (non-hydrogen) atoms. The van der Waals surface area contributed by atoms with Crippen LogP contribution in [-0.4, -0.2) is 29.9 Å². The standard InChI is InChI=1S/C18H22N2O2/c1-13-8-9-17(22-13)14-5-4-6-15(11-14)18(21)20-10-3-2-7-16(20)12-19/h4-6,8-9,11,16H,2-3,7,10,12,19H2,1H3. The fraction of sp³-hybridized carbons (Fsp3) is 0.389. The van der Waals surface area contributed by atoms with Gasteiger partial charge in [0.25, 0.3) is 5.91 Å². The maximum atomic E-state index is 12.8. The van der Waals surface area contributed by atoms with Gasteiger partial charge < -0.3 is 15.1 Å². The Morgan fingerprint density at radius 3 is 2.91 bits per heavy atom. The van der Waals surface area contributed by atoms with Gasteiger partial charge in [-0.05, 0) is 50.5 Å². The van der Waals surface area contributed by atoms with E-state index in [4.69, 9.17) is 10.2 Å². The molecule has 1 aliphatic rings. The average molecular weight is 298 g/mol. The lowest BCUT2D eigenvalue weighted by Gasteiger charge is -2.35. The SMILES string of the molecule is Cc1ccc(-c2cccc(C(=O)N3CCCCC3CN)c2)o1. The Labute approximate surface area is 130 Å². The molecular formula is C18H22N2O2. The molecule has 4 heteroatoms. The van der Waals surface area contributed by atoms with Gasteiger partial charge in [-0.3, -0.25) is 4.79 Å². The van der Waals surface area contributed by atoms with Crippen molar-refractivity contribution in [3.63, 3.8) is 0 Å². The van der Waals surface area contributed by atoms with E-state index in [-0.39, 0.29) is 11.9 Å². The van der Waals surface area contributed by atoms with Crippen molar-refractivity contribution in [2.75, 3.05) is 13.1 Å². The van der Waals surface area contributed by atoms with Crippen molar-refractivity contribution >= 4 is 5.91 Å². The molecule has 1 fully saturated rings. The molecule has 2 heterocycles. The first-order valence-corrected chi connectivity index (χ1v) is 7.87. The number of benzene rings is 1. The lowest BCUT2D eigenvalue weighted by atomic mass is 10.00. The van der Waals surface area contributed by atoms with Gasteiger partial charge in [0.2, 0.25) is 0 Å². The van der Waals surface area contributed by atoms with Gasteiger partial charge in [-0.15, -0.1) is 0 Å². The number of carbonyl (C=O) groups is 1. The molecule has 1 aromatic heterocycles. The van der Waals surface area contributed by atoms with Crippen LogP contribution in [0.3, 0.4) is 0 Å². The van der Waals surface area contributed by atoms with E-state index in [9.17, 15) is 4.79 Å². The molecule has 3 rings (SSSR count). The third kappa shape index (κ3) is 2.92. The molecule has 0 radical (unpaired) electrons. The molecule has 116 valence electrons. The van der Waals surface area contributed by atoms with Gasteiger partial charge in [-0.1, -0.05) is 12.1 Å². The van der Waals surface area contributed by atoms with Crippen LogP contribution in [0.15, 0.2) is 40.8 Å². The van der Waals surface area contributed by atoms with E-state index in [0.29, 0.717) is 12.1 Å². The Morgan fingerprint density at radius 2 is 2.18 bits per heavy atom. The van der Waals surface area contributed by atoms with Gasteiger partial charge in [0, 0.05) is 30.3 Å². The molecule has 4 nitrogen and oxygen atoms in total. The lowest BCUT2D eigenvalue weighted by Crippen LogP contribution is -2.47. The Balaban J connectivity index is 1.86. The number of hydrogen-bond acceptors (Lipinski definition) is 3. The quantitative estimate of drug-likeness (QED) is 0.946. The second kappa shape index (κ2) is 6.36. The maximum absolute atomic E-state index is 12.8. The molecule has 0 saturated carbocycles. The van der Waals surface area contributed by atoms with Gasteiger partial charge in [-0.2, -0.15) is 0 Å². The number of rotatable bonds is 3. The number of likely N-dealkylation sites (tertiary alicyclic amines) is 1. The molecule has 0 aliphatic carbocycles. The first kappa shape index (κ1) is 14.9. The normalized spacial score (nSPS) is 18.5. The van der Waals surface area contributed by atoms with Crippen molar-refractivity contribution in [2.45, 2.75) is 32.2 Å². The molecule has 1 amide bonds. The lowest BCUT2D eigenvalue weighted by molar-refractivity contribution is 0.0623. The minimum atomic E-state index is 0.0697. The molecule has 0 spiro atoms. The van der Waals surface area contributed by atoms with Crippen LogP contribution in [-0.2, 0) is 0 Å². The zero-order valence-corrected chi connectivity index (χ0v) is 12.9. The van der Waals surface area contributed by atoms with E-state index >= 15 is 0 Å². The number of aryl methyl sites for hydroxylation is 1. The van der Waals surface area contributed by atoms with E-state index in [0.717, 1.165) is 42.9 Å². The van der Waals surface area contributed by atoms with Crippen LogP contribution in [0, 0.1) is 6.92 Å². The van der Waals surface area contributed by atoms with Gasteiger partial charge in [-0.25, -0.2) is 0 Å². The summed E-state index contributed by atoms with van der Waals surface area (Å²) in [5.74, 6) is 1.73. The highest BCUT2D eigenvalue weighted by molar-refractivity contribution is 5.95. The summed E-state index contributed by atoms with van der Waals surface area (Å²) in [5.41, 5.74) is 7.46. The van der Waals surface area contributed by atoms with Crippen molar-refractivity contribution in [2.24, 2.45) is 5.73 Å². The second-order valence-corrected chi connectivity index (χ2v) is 5.87. The number of furan rings is 1. The van der Waals surface area contributed by atoms with Crippen molar-refractivity contribution in [1.29, 1.82) is 0 Å². The number of hydrogen-bond donors (Lipinski definition) is 1. The maximum Gasteiger partial charge on any atom is 0.254 e. The van der Waals surface area contributed by atoms with Gasteiger partial charge >= 0.3 is 0 Å². The van der Waals surface area contributed by atoms with Crippen LogP contribution < -0.4 is 5.73 Å². The van der Waals surface area contributed by atoms with E-state index in [1.165, 1.54) is 0 Å². The van der Waals surface area contributed by atoms with Gasteiger partial charge in [0.1, 0.15) is 11.5 Å². The summed E-state index contributed by atoms with van der Waals surface area (Å²) >= 11 is 0. The van der Waals surface area contributed by atoms with E-state index in [1.54, 1.807) is 0 Å². The summed E-state index contributed by atoms with van der Waals surface area (Å²) in [4.78, 5) is 14.7. The number of nitrogens with two attached hydrogens (primary N) is 1. The largest absolute Gasteiger partial charge is 0.461 e. The molecule has 0 bridgehead atoms. The summed E-state index contributed by atoms with van der Waals surface area (Å²) in [5, 5.41) is 0. The molecule has 1 atom stereocenters. The van der Waals surface area contributed by atoms with Crippen LogP contribution in [0.4, 0.5) is 0 Å². The fourth-order valence-corrected chi connectivity index (χ4v) is 3.07. The van der Waals surface area contributed by atoms with Crippen molar-refractivity contribution in [1.82, 2.24) is 4.90 Å². The number of amides is 1. The smallest absolute Gasteiger partial charge is 0.254 e. The minimum Gasteiger partial charge on any atom is -0.461 e. The van der Waals surface area contributed by atoms with Crippen LogP contribution in [0.2, 0.25) is 0 Å². The molecule has 1 saturated heterocycles. The summed E-state index contributed by atoms with van der Waals surface area (Å²) in [6.07, 6.45) is 3.20. The van der Waals surface area contributed by atoms with Crippen molar-refractivity contribution in [3.8, 4) is 11.3 Å². The van der Waals surface area contributed by atoms with Crippen LogP contribution in [0.1, 0.15) is 35.4 Å². The van der Waals surface area contributed by atoms with Gasteiger partial charge in [0.15, 0.2) is 0 Å². The third-order valence-electron chi connectivity index (χ3n) is 4.29. The predicted octanol–water partition coefficient (Wildman–Crippen LogP) is 3.21. The van der Waals surface area contributed by atoms with Crippen LogP contribution in [0.5, 0.6) is 0 Å². The first-order valence-electron chi connectivity index (χ1n) is 7.87. The molecule has 1 unspecified atom stereocenters. The van der Waals surface area contributed by atoms with E-state index < -0.39 is 0 Å². The third-order valence-corrected chi connectivity index (χ3v) is 4.29. The molecule has 2 N–H and O–H groups in total. The highest BCUT2D eigenvalue weighted by Gasteiger charge is 2.26. The van der Waals surface area contributed by atoms with Crippen LogP contribution in [0.25, 0.3) is 11.3 Å². The summed E-state index contributed by atoms with van der Waals surface area (Å²) in [6, 6.07) is 11.7. The van der Waals surface area contributed by atoms with Crippen molar-refractivity contribution in [3.05, 3.63) is 47.7 Å². The minimum absolute atomic E-state index is 0.0697. The highest BCUT2D eigenvalue weighted by Crippen LogP contribution is 2.25. The number of nitrogens with zero attached hydrogens (tertiary/aromatic N) is 1. The predicted molar refractivity (Wildman–Crippen MR) is 86.6 cm³/mol. The number of carbonyl (C=O) groups excluding carboxylic acids is 1. The van der Waals surface area contributed by atoms with Crippen LogP contribution >= 0.6 is 0 Å². The summed E-state index contributed by atoms with van der Waals surface area (Å²) < 4.78 is 5.65. The molecule has 2 aromatic rings. The van der Waals surface area contributed by atoms with Crippen molar-refractivity contribution < 1.29 is 9.21 Å². The van der Waals surface area contributed by atoms with Gasteiger partial charge in [0.05, 0.1) is 0 Å². The topological polar surface area (TPSA) is 59.5 Å². The Kier molecular flexibility index (Phi) is 4.29. The second-order valence-electron chi connectivity index (χ2n) is 5.87. The average Bonchev–Trinajstić information content (AvgIpc) is 3.01. The fourth-order valence-electron chi connectivity index (χ4n) is 3.07. The monoisotopic (exact) mass is 298 g/mol. The zero-order valence-electron chi connectivity index (χ0n) is 12.9. The van der Waals surface area contributed by atoms with E-state index in [2.05, 4.69) is 0 Å². The van der Waals surface area contributed by atoms with E-state index in [1.807, 2.05) is 48.2 Å². The summed E-state index contributed by atoms with van der Waals surface area (Å²) in [6.45, 7) is 3.24. The highest BCUT2D eigenvalue weighted by atomic mass is 16.3. The Morgan fingerprint density at radius 1 is 1.32 bits per heavy atom.